The number of carbonyl (C=O) groups excluding carboxylic acids is 1. The fourth-order valence-corrected chi connectivity index (χ4v) is 7.94. The summed E-state index contributed by atoms with van der Waals surface area (Å²) in [6.45, 7) is 0. The number of hydrogen-bond acceptors (Lipinski definition) is 6. The fraction of sp³-hybridized carbons (Fsp3) is 0.714. The molecule has 6 bridgehead atoms. The van der Waals surface area contributed by atoms with Crippen LogP contribution in [-0.2, 0) is 0 Å². The lowest BCUT2D eigenvalue weighted by molar-refractivity contribution is -0.00751. The summed E-state index contributed by atoms with van der Waals surface area (Å²) in [7, 11) is 0. The number of nitrogens with one attached hydrogen (secondary N) is 1. The molecule has 7 nitrogen and oxygen atoms in total. The van der Waals surface area contributed by atoms with Crippen LogP contribution in [0.2, 0.25) is 0 Å². The molecule has 4 atom stereocenters. The van der Waals surface area contributed by atoms with Crippen LogP contribution < -0.4 is 5.32 Å². The van der Waals surface area contributed by atoms with E-state index in [0.717, 1.165) is 68.3 Å². The van der Waals surface area contributed by atoms with Crippen LogP contribution in [-0.4, -0.2) is 22.0 Å². The Morgan fingerprint density at radius 3 is 2.43 bits per heavy atom. The number of nitrogens with zero attached hydrogens (tertiary/aromatic N) is 3. The molecule has 1 amide bonds. The van der Waals surface area contributed by atoms with E-state index in [1.807, 2.05) is 0 Å². The molecule has 7 rings (SSSR count). The van der Waals surface area contributed by atoms with Crippen LogP contribution in [0.15, 0.2) is 16.6 Å². The zero-order chi connectivity index (χ0) is 19.1. The number of amides is 1. The van der Waals surface area contributed by atoms with Gasteiger partial charge >= 0.3 is 5.91 Å². The van der Waals surface area contributed by atoms with Gasteiger partial charge in [0.2, 0.25) is 0 Å². The summed E-state index contributed by atoms with van der Waals surface area (Å²) in [5.41, 5.74) is 2.01. The summed E-state index contributed by atoms with van der Waals surface area (Å²) < 4.78 is 0. The van der Waals surface area contributed by atoms with E-state index in [1.165, 1.54) is 6.42 Å². The smallest absolute Gasteiger partial charge is 0.318 e. The maximum absolute atomic E-state index is 12.1. The summed E-state index contributed by atoms with van der Waals surface area (Å²) in [6, 6.07) is 0. The molecular weight excluding hydrogens is 356 g/mol. The van der Waals surface area contributed by atoms with Crippen LogP contribution >= 0.6 is 0 Å². The Hall–Kier alpha value is -2.18. The molecular formula is C21H24N4O3. The summed E-state index contributed by atoms with van der Waals surface area (Å²) in [5.74, 6) is 2.03. The van der Waals surface area contributed by atoms with Gasteiger partial charge in [-0.15, -0.1) is 4.91 Å². The van der Waals surface area contributed by atoms with E-state index >= 15 is 0 Å². The van der Waals surface area contributed by atoms with Crippen molar-refractivity contribution in [1.29, 1.82) is 0 Å². The Morgan fingerprint density at radius 1 is 1.04 bits per heavy atom. The maximum Gasteiger partial charge on any atom is 0.318 e. The molecule has 0 aliphatic heterocycles. The number of aromatic nitrogens is 1. The van der Waals surface area contributed by atoms with Gasteiger partial charge < -0.3 is 5.32 Å². The van der Waals surface area contributed by atoms with Gasteiger partial charge in [-0.1, -0.05) is 5.18 Å². The highest BCUT2D eigenvalue weighted by Crippen LogP contribution is 2.61. The Kier molecular flexibility index (Phi) is 3.26. The van der Waals surface area contributed by atoms with Gasteiger partial charge in [-0.25, -0.2) is 4.98 Å². The van der Waals surface area contributed by atoms with E-state index in [0.29, 0.717) is 29.2 Å². The predicted octanol–water partition coefficient (Wildman–Crippen LogP) is 4.62. The molecule has 5 fully saturated rings. The molecule has 5 saturated carbocycles. The van der Waals surface area contributed by atoms with E-state index in [1.54, 1.807) is 6.20 Å². The second kappa shape index (κ2) is 5.45. The topological polar surface area (TPSA) is 101 Å². The van der Waals surface area contributed by atoms with Gasteiger partial charge in [-0.2, -0.15) is 4.91 Å². The Morgan fingerprint density at radius 2 is 1.75 bits per heavy atom. The molecule has 1 heterocycles. The number of fused-ring (bicyclic) bond motifs is 5. The molecule has 6 aliphatic rings. The molecule has 0 aromatic carbocycles. The molecule has 1 aromatic heterocycles. The molecule has 0 radical (unpaired) electrons. The average molecular weight is 380 g/mol. The Labute approximate surface area is 163 Å². The predicted molar refractivity (Wildman–Crippen MR) is 103 cm³/mol. The molecule has 28 heavy (non-hydrogen) atoms. The third-order valence-electron chi connectivity index (χ3n) is 8.33. The van der Waals surface area contributed by atoms with Gasteiger partial charge in [-0.05, 0) is 87.0 Å². The Bertz CT molecular complexity index is 899. The van der Waals surface area contributed by atoms with Gasteiger partial charge in [0.25, 0.3) is 0 Å². The molecule has 146 valence electrons. The van der Waals surface area contributed by atoms with E-state index in [9.17, 15) is 14.6 Å². The van der Waals surface area contributed by atoms with Crippen LogP contribution in [0, 0.1) is 21.6 Å². The van der Waals surface area contributed by atoms with E-state index in [-0.39, 0.29) is 5.54 Å². The third kappa shape index (κ3) is 2.16. The summed E-state index contributed by atoms with van der Waals surface area (Å²) >= 11 is 0. The third-order valence-corrected chi connectivity index (χ3v) is 8.33. The monoisotopic (exact) mass is 380 g/mol. The minimum Gasteiger partial charge on any atom is -0.364 e. The number of anilines is 1. The van der Waals surface area contributed by atoms with Crippen molar-refractivity contribution in [3.63, 3.8) is 0 Å². The van der Waals surface area contributed by atoms with Crippen molar-refractivity contribution in [3.8, 4) is 0 Å². The molecule has 7 heteroatoms. The van der Waals surface area contributed by atoms with Gasteiger partial charge in [0.15, 0.2) is 0 Å². The van der Waals surface area contributed by atoms with Gasteiger partial charge in [0, 0.05) is 22.5 Å². The molecule has 0 spiro atoms. The van der Waals surface area contributed by atoms with Crippen LogP contribution in [0.4, 0.5) is 5.82 Å². The number of rotatable bonds is 4. The number of pyridine rings is 1. The Balaban J connectivity index is 1.41. The van der Waals surface area contributed by atoms with Gasteiger partial charge in [0.1, 0.15) is 11.4 Å². The van der Waals surface area contributed by atoms with E-state index < -0.39 is 11.4 Å². The molecule has 1 N–H and O–H groups in total. The second-order valence-electron chi connectivity index (χ2n) is 10.1. The van der Waals surface area contributed by atoms with Crippen molar-refractivity contribution >= 4 is 11.7 Å². The lowest BCUT2D eigenvalue weighted by atomic mass is 9.50. The zero-order valence-corrected chi connectivity index (χ0v) is 15.8. The highest BCUT2D eigenvalue weighted by atomic mass is 16.3. The van der Waals surface area contributed by atoms with E-state index in [2.05, 4.69) is 20.7 Å². The highest BCUT2D eigenvalue weighted by molar-refractivity contribution is 5.97. The van der Waals surface area contributed by atoms with Gasteiger partial charge in [-0.3, -0.25) is 4.79 Å². The van der Waals surface area contributed by atoms with E-state index in [4.69, 9.17) is 0 Å². The van der Waals surface area contributed by atoms with Crippen LogP contribution in [0.3, 0.4) is 0 Å². The first-order valence-corrected chi connectivity index (χ1v) is 10.6. The number of hydrogen-bond donors (Lipinski definition) is 1. The van der Waals surface area contributed by atoms with Crippen molar-refractivity contribution in [1.82, 2.24) is 4.98 Å². The maximum atomic E-state index is 12.1. The molecule has 0 saturated heterocycles. The standard InChI is InChI=1S/C21H24N4O3/c26-19(24-27)15-9-22-18(17-14-2-1-13(4-14)16(15)17)23-20-5-11-3-12(6-20)8-21(7-11,10-20)25-28/h9,11-14H,1-8,10H2,(H,22,23). The highest BCUT2D eigenvalue weighted by Gasteiger charge is 2.59. The first-order valence-electron chi connectivity index (χ1n) is 10.6. The number of nitroso groups, excluding NO2 is 2. The lowest BCUT2D eigenvalue weighted by Crippen LogP contribution is -2.61. The first kappa shape index (κ1) is 16.7. The molecule has 6 aliphatic carbocycles. The number of carbonyl (C=O) groups is 1. The fourth-order valence-electron chi connectivity index (χ4n) is 7.94. The minimum atomic E-state index is -0.707. The first-order chi connectivity index (χ1) is 13.5. The lowest BCUT2D eigenvalue weighted by Gasteiger charge is -2.59. The van der Waals surface area contributed by atoms with Crippen molar-refractivity contribution in [2.75, 3.05) is 5.32 Å². The van der Waals surface area contributed by atoms with Crippen molar-refractivity contribution in [2.45, 2.75) is 80.7 Å². The SMILES string of the molecule is O=NC(=O)c1cnc(NC23CC4CC(CC(N=O)(C4)C2)C3)c2c1C1CCC2C1. The molecule has 4 unspecified atom stereocenters. The van der Waals surface area contributed by atoms with Crippen LogP contribution in [0.25, 0.3) is 0 Å². The normalized spacial score (nSPS) is 41.7. The van der Waals surface area contributed by atoms with Crippen LogP contribution in [0.1, 0.15) is 91.1 Å². The van der Waals surface area contributed by atoms with Crippen molar-refractivity contribution in [3.05, 3.63) is 32.7 Å². The average Bonchev–Trinajstić information content (AvgIpc) is 3.29. The summed E-state index contributed by atoms with van der Waals surface area (Å²) in [5, 5.41) is 10.1. The van der Waals surface area contributed by atoms with Crippen molar-refractivity contribution < 1.29 is 4.79 Å². The van der Waals surface area contributed by atoms with Crippen LogP contribution in [0.5, 0.6) is 0 Å². The zero-order valence-electron chi connectivity index (χ0n) is 15.8. The molecule has 1 aromatic rings. The van der Waals surface area contributed by atoms with Crippen molar-refractivity contribution in [2.24, 2.45) is 22.2 Å². The second-order valence-corrected chi connectivity index (χ2v) is 10.1. The summed E-state index contributed by atoms with van der Waals surface area (Å²) in [4.78, 5) is 39.3. The van der Waals surface area contributed by atoms with Gasteiger partial charge in [0.05, 0.1) is 5.56 Å². The largest absolute Gasteiger partial charge is 0.364 e. The summed E-state index contributed by atoms with van der Waals surface area (Å²) in [6.07, 6.45) is 10.8. The quantitative estimate of drug-likeness (QED) is 0.768. The minimum absolute atomic E-state index is 0.116.